The maximum Gasteiger partial charge on any atom is 0.416 e. The van der Waals surface area contributed by atoms with Crippen LogP contribution in [-0.2, 0) is 6.18 Å². The molecule has 3 aromatic heterocycles. The average molecular weight is 512 g/mol. The number of aromatic nitrogens is 3. The minimum Gasteiger partial charge on any atom is -0.316 e. The van der Waals surface area contributed by atoms with Crippen molar-refractivity contribution in [3.63, 3.8) is 0 Å². The molecule has 0 saturated heterocycles. The van der Waals surface area contributed by atoms with Crippen LogP contribution in [-0.4, -0.2) is 20.9 Å². The highest BCUT2D eigenvalue weighted by molar-refractivity contribution is 7.20. The molecule has 176 valence electrons. The lowest BCUT2D eigenvalue weighted by atomic mass is 10.1. The lowest BCUT2D eigenvalue weighted by molar-refractivity contribution is -0.137. The number of benzene rings is 2. The Balaban J connectivity index is 1.34. The van der Waals surface area contributed by atoms with E-state index >= 15 is 0 Å². The van der Waals surface area contributed by atoms with E-state index in [-0.39, 0.29) is 10.7 Å². The van der Waals surface area contributed by atoms with Crippen LogP contribution in [0.2, 0.25) is 0 Å². The van der Waals surface area contributed by atoms with E-state index in [4.69, 9.17) is 0 Å². The Labute approximate surface area is 205 Å². The van der Waals surface area contributed by atoms with E-state index in [0.717, 1.165) is 27.8 Å². The number of anilines is 3. The van der Waals surface area contributed by atoms with Gasteiger partial charge < -0.3 is 5.32 Å². The van der Waals surface area contributed by atoms with Crippen LogP contribution in [0.15, 0.2) is 66.2 Å². The summed E-state index contributed by atoms with van der Waals surface area (Å²) in [5.41, 5.74) is 0.336. The monoisotopic (exact) mass is 511 g/mol. The molecule has 0 bridgehead atoms. The zero-order valence-electron chi connectivity index (χ0n) is 18.1. The maximum absolute atomic E-state index is 13.0. The smallest absolute Gasteiger partial charge is 0.316 e. The van der Waals surface area contributed by atoms with Crippen molar-refractivity contribution in [2.45, 2.75) is 13.1 Å². The highest BCUT2D eigenvalue weighted by Gasteiger charge is 2.31. The van der Waals surface area contributed by atoms with Gasteiger partial charge in [-0.3, -0.25) is 10.1 Å². The van der Waals surface area contributed by atoms with Gasteiger partial charge in [0.15, 0.2) is 10.3 Å². The van der Waals surface area contributed by atoms with Crippen molar-refractivity contribution in [3.05, 3.63) is 83.0 Å². The minimum atomic E-state index is -4.53. The maximum atomic E-state index is 13.0. The van der Waals surface area contributed by atoms with Gasteiger partial charge >= 0.3 is 6.18 Å². The first kappa shape index (κ1) is 22.9. The zero-order chi connectivity index (χ0) is 24.6. The van der Waals surface area contributed by atoms with Crippen LogP contribution < -0.4 is 10.6 Å². The number of fused-ring (bicyclic) bond motifs is 1. The fraction of sp³-hybridized carbons (Fsp3) is 0.0833. The molecule has 0 atom stereocenters. The Bertz CT molecular complexity index is 1540. The Kier molecular flexibility index (Phi) is 5.95. The number of hydrogen-bond acceptors (Lipinski definition) is 7. The van der Waals surface area contributed by atoms with Crippen LogP contribution in [0, 0.1) is 6.92 Å². The van der Waals surface area contributed by atoms with Gasteiger partial charge in [0.1, 0.15) is 5.82 Å². The van der Waals surface area contributed by atoms with Crippen molar-refractivity contribution in [1.82, 2.24) is 15.0 Å². The van der Waals surface area contributed by atoms with E-state index in [2.05, 4.69) is 25.6 Å². The molecular formula is C24H16F3N5OS2. The number of hydrogen-bond donors (Lipinski definition) is 2. The first-order valence-corrected chi connectivity index (χ1v) is 12.0. The normalized spacial score (nSPS) is 11.5. The number of nitrogens with one attached hydrogen (secondary N) is 2. The summed E-state index contributed by atoms with van der Waals surface area (Å²) in [6.45, 7) is 1.78. The molecule has 35 heavy (non-hydrogen) atoms. The lowest BCUT2D eigenvalue weighted by Crippen LogP contribution is -2.13. The zero-order valence-corrected chi connectivity index (χ0v) is 19.7. The van der Waals surface area contributed by atoms with Crippen LogP contribution in [0.4, 0.5) is 29.3 Å². The molecule has 0 saturated carbocycles. The van der Waals surface area contributed by atoms with Gasteiger partial charge in [-0.25, -0.2) is 15.0 Å². The fourth-order valence-corrected chi connectivity index (χ4v) is 5.15. The first-order valence-electron chi connectivity index (χ1n) is 10.3. The van der Waals surface area contributed by atoms with Crippen LogP contribution in [0.25, 0.3) is 21.3 Å². The van der Waals surface area contributed by atoms with E-state index in [0.29, 0.717) is 22.3 Å². The molecule has 0 aliphatic heterocycles. The van der Waals surface area contributed by atoms with Crippen LogP contribution >= 0.6 is 22.7 Å². The number of alkyl halides is 3. The number of pyridine rings is 1. The molecule has 6 nitrogen and oxygen atoms in total. The van der Waals surface area contributed by atoms with Gasteiger partial charge in [-0.2, -0.15) is 13.2 Å². The third-order valence-electron chi connectivity index (χ3n) is 5.10. The topological polar surface area (TPSA) is 79.8 Å². The molecule has 5 rings (SSSR count). The highest BCUT2D eigenvalue weighted by Crippen LogP contribution is 2.36. The highest BCUT2D eigenvalue weighted by atomic mass is 32.1. The predicted molar refractivity (Wildman–Crippen MR) is 132 cm³/mol. The summed E-state index contributed by atoms with van der Waals surface area (Å²) in [6.07, 6.45) is -2.80. The van der Waals surface area contributed by atoms with Gasteiger partial charge in [-0.05, 0) is 36.6 Å². The van der Waals surface area contributed by atoms with Crippen molar-refractivity contribution in [3.8, 4) is 10.6 Å². The summed E-state index contributed by atoms with van der Waals surface area (Å²) in [7, 11) is 0. The Morgan fingerprint density at radius 3 is 2.66 bits per heavy atom. The third kappa shape index (κ3) is 4.86. The molecule has 11 heteroatoms. The molecule has 0 aliphatic rings. The molecule has 0 fully saturated rings. The van der Waals surface area contributed by atoms with E-state index < -0.39 is 17.6 Å². The van der Waals surface area contributed by atoms with Gasteiger partial charge in [0, 0.05) is 22.5 Å². The number of amides is 1. The van der Waals surface area contributed by atoms with Crippen molar-refractivity contribution in [2.24, 2.45) is 0 Å². The van der Waals surface area contributed by atoms with Crippen molar-refractivity contribution in [1.29, 1.82) is 0 Å². The average Bonchev–Trinajstić information content (AvgIpc) is 3.44. The number of rotatable bonds is 5. The third-order valence-corrected chi connectivity index (χ3v) is 6.96. The molecule has 2 aromatic carbocycles. The van der Waals surface area contributed by atoms with Crippen LogP contribution in [0.5, 0.6) is 0 Å². The summed E-state index contributed by atoms with van der Waals surface area (Å²) >= 11 is 2.61. The largest absolute Gasteiger partial charge is 0.416 e. The summed E-state index contributed by atoms with van der Waals surface area (Å²) < 4.78 is 38.9. The predicted octanol–water partition coefficient (Wildman–Crippen LogP) is 7.14. The summed E-state index contributed by atoms with van der Waals surface area (Å²) in [5, 5.41) is 10.7. The van der Waals surface area contributed by atoms with Gasteiger partial charge in [-0.15, -0.1) is 11.3 Å². The van der Waals surface area contributed by atoms with E-state index in [1.54, 1.807) is 13.1 Å². The number of aryl methyl sites for hydroxylation is 1. The second-order valence-electron chi connectivity index (χ2n) is 7.51. The second kappa shape index (κ2) is 9.08. The van der Waals surface area contributed by atoms with Crippen molar-refractivity contribution >= 4 is 55.4 Å². The van der Waals surface area contributed by atoms with Crippen LogP contribution in [0.3, 0.4) is 0 Å². The minimum absolute atomic E-state index is 0.100. The molecule has 5 aromatic rings. The number of carbonyl (C=O) groups is 1. The van der Waals surface area contributed by atoms with E-state index in [1.807, 2.05) is 35.7 Å². The fourth-order valence-electron chi connectivity index (χ4n) is 3.45. The van der Waals surface area contributed by atoms with Crippen molar-refractivity contribution in [2.75, 3.05) is 10.6 Å². The number of carbonyl (C=O) groups excluding carboxylic acids is 1. The molecular weight excluding hydrogens is 495 g/mol. The molecule has 0 aliphatic carbocycles. The Hall–Kier alpha value is -3.83. The molecule has 2 N–H and O–H groups in total. The quantitative estimate of drug-likeness (QED) is 0.262. The SMILES string of the molecule is Cc1nc(NC(=O)c2cccc(C(F)(F)F)c2)sc1-c1csc(Nc2nccc3ccccc23)n1. The molecule has 0 spiro atoms. The number of thiazole rings is 2. The van der Waals surface area contributed by atoms with Gasteiger partial charge in [-0.1, -0.05) is 41.7 Å². The van der Waals surface area contributed by atoms with Gasteiger partial charge in [0.2, 0.25) is 0 Å². The Morgan fingerprint density at radius 1 is 1.00 bits per heavy atom. The standard InChI is InChI=1S/C24H16F3N5OS2/c1-13-19(35-23(29-13)32-21(33)15-6-4-7-16(11-15)24(25,26)27)18-12-34-22(30-18)31-20-17-8-3-2-5-14(17)9-10-28-20/h2-12H,1H3,(H,28,30,31)(H,29,32,33). The molecule has 0 radical (unpaired) electrons. The molecule has 0 unspecified atom stereocenters. The second-order valence-corrected chi connectivity index (χ2v) is 9.37. The number of halogens is 3. The van der Waals surface area contributed by atoms with Crippen LogP contribution in [0.1, 0.15) is 21.6 Å². The van der Waals surface area contributed by atoms with E-state index in [9.17, 15) is 18.0 Å². The van der Waals surface area contributed by atoms with Gasteiger partial charge in [0.25, 0.3) is 5.91 Å². The molecule has 3 heterocycles. The summed E-state index contributed by atoms with van der Waals surface area (Å²) in [4.78, 5) is 26.7. The van der Waals surface area contributed by atoms with E-state index in [1.165, 1.54) is 34.8 Å². The van der Waals surface area contributed by atoms with Crippen molar-refractivity contribution < 1.29 is 18.0 Å². The summed E-state index contributed by atoms with van der Waals surface area (Å²) in [6, 6.07) is 14.1. The molecule has 1 amide bonds. The first-order chi connectivity index (χ1) is 16.8. The summed E-state index contributed by atoms with van der Waals surface area (Å²) in [5.74, 6) is 0.0260. The number of nitrogens with zero attached hydrogens (tertiary/aromatic N) is 3. The Morgan fingerprint density at radius 2 is 1.83 bits per heavy atom. The van der Waals surface area contributed by atoms with Gasteiger partial charge in [0.05, 0.1) is 21.8 Å². The lowest BCUT2D eigenvalue weighted by Gasteiger charge is -2.08.